The second kappa shape index (κ2) is 9.74. The minimum absolute atomic E-state index is 0.350. The minimum Gasteiger partial charge on any atom is -0.467 e. The van der Waals surface area contributed by atoms with Crippen molar-refractivity contribution >= 4 is 12.1 Å². The molecule has 1 amide bonds. The summed E-state index contributed by atoms with van der Waals surface area (Å²) in [5.74, 6) is -0.496. The number of esters is 1. The van der Waals surface area contributed by atoms with E-state index in [9.17, 15) is 9.59 Å². The number of carbonyl (C=O) groups is 2. The van der Waals surface area contributed by atoms with Crippen LogP contribution in [0.1, 0.15) is 33.6 Å². The van der Waals surface area contributed by atoms with Crippen molar-refractivity contribution in [3.8, 4) is 0 Å². The summed E-state index contributed by atoms with van der Waals surface area (Å²) in [5, 5.41) is 2.61. The highest BCUT2D eigenvalue weighted by molar-refractivity contribution is 5.81. The number of methoxy groups -OCH3 is 1. The number of amides is 1. The Labute approximate surface area is 173 Å². The fourth-order valence-corrected chi connectivity index (χ4v) is 3.13. The topological polar surface area (TPSA) is 67.9 Å². The number of ether oxygens (including phenoxy) is 2. The first-order valence-electron chi connectivity index (χ1n) is 9.78. The summed E-state index contributed by atoms with van der Waals surface area (Å²) >= 11 is 0. The third kappa shape index (κ3) is 7.38. The molecule has 2 aliphatic carbocycles. The van der Waals surface area contributed by atoms with Crippen LogP contribution in [0.4, 0.5) is 4.79 Å². The third-order valence-electron chi connectivity index (χ3n) is 4.39. The van der Waals surface area contributed by atoms with E-state index >= 15 is 0 Å². The van der Waals surface area contributed by atoms with Crippen molar-refractivity contribution in [3.05, 3.63) is 58.7 Å². The SMILES string of the molecule is COC(=O)[C@@H](CC1=CC/C(=C2/C=CC(CN(C)C)=C2)C=C1)NC(=O)OC(C)(C)C. The molecule has 0 heterocycles. The van der Waals surface area contributed by atoms with Crippen molar-refractivity contribution in [2.75, 3.05) is 27.7 Å². The summed E-state index contributed by atoms with van der Waals surface area (Å²) in [6.45, 7) is 6.24. The van der Waals surface area contributed by atoms with Gasteiger partial charge in [0.1, 0.15) is 11.6 Å². The van der Waals surface area contributed by atoms with E-state index in [1.807, 2.05) is 6.08 Å². The van der Waals surface area contributed by atoms with Gasteiger partial charge in [0.2, 0.25) is 0 Å². The van der Waals surface area contributed by atoms with Gasteiger partial charge < -0.3 is 19.7 Å². The van der Waals surface area contributed by atoms with E-state index in [4.69, 9.17) is 9.47 Å². The molecule has 0 radical (unpaired) electrons. The number of carbonyl (C=O) groups excluding carboxylic acids is 2. The van der Waals surface area contributed by atoms with Crippen LogP contribution in [0.3, 0.4) is 0 Å². The van der Waals surface area contributed by atoms with E-state index in [0.29, 0.717) is 6.42 Å². The predicted molar refractivity (Wildman–Crippen MR) is 114 cm³/mol. The summed E-state index contributed by atoms with van der Waals surface area (Å²) < 4.78 is 10.1. The Morgan fingerprint density at radius 2 is 1.83 bits per heavy atom. The Morgan fingerprint density at radius 1 is 1.14 bits per heavy atom. The molecule has 0 aromatic heterocycles. The maximum atomic E-state index is 12.1. The third-order valence-corrected chi connectivity index (χ3v) is 4.39. The summed E-state index contributed by atoms with van der Waals surface area (Å²) in [5.41, 5.74) is 4.07. The van der Waals surface area contributed by atoms with Crippen LogP contribution in [0.2, 0.25) is 0 Å². The Balaban J connectivity index is 2.02. The summed E-state index contributed by atoms with van der Waals surface area (Å²) in [4.78, 5) is 26.3. The first-order chi connectivity index (χ1) is 13.6. The number of hydrogen-bond acceptors (Lipinski definition) is 5. The maximum absolute atomic E-state index is 12.1. The molecule has 0 unspecified atom stereocenters. The number of rotatable bonds is 6. The quantitative estimate of drug-likeness (QED) is 0.689. The van der Waals surface area contributed by atoms with E-state index in [1.165, 1.54) is 23.8 Å². The van der Waals surface area contributed by atoms with Crippen LogP contribution in [-0.4, -0.2) is 56.4 Å². The van der Waals surface area contributed by atoms with Crippen LogP contribution in [0.15, 0.2) is 58.7 Å². The molecule has 1 N–H and O–H groups in total. The molecule has 0 spiro atoms. The zero-order chi connectivity index (χ0) is 21.6. The van der Waals surface area contributed by atoms with Gasteiger partial charge >= 0.3 is 12.1 Å². The van der Waals surface area contributed by atoms with Crippen molar-refractivity contribution in [1.29, 1.82) is 0 Å². The van der Waals surface area contributed by atoms with Gasteiger partial charge in [0, 0.05) is 13.0 Å². The molecule has 2 aliphatic rings. The van der Waals surface area contributed by atoms with Gasteiger partial charge in [-0.3, -0.25) is 0 Å². The van der Waals surface area contributed by atoms with Gasteiger partial charge in [-0.1, -0.05) is 36.5 Å². The van der Waals surface area contributed by atoms with Gasteiger partial charge in [-0.2, -0.15) is 0 Å². The normalized spacial score (nSPS) is 19.7. The zero-order valence-electron chi connectivity index (χ0n) is 18.2. The van der Waals surface area contributed by atoms with Crippen molar-refractivity contribution < 1.29 is 19.1 Å². The highest BCUT2D eigenvalue weighted by Gasteiger charge is 2.26. The van der Waals surface area contributed by atoms with Crippen LogP contribution < -0.4 is 5.32 Å². The zero-order valence-corrected chi connectivity index (χ0v) is 18.2. The lowest BCUT2D eigenvalue weighted by Crippen LogP contribution is -2.44. The maximum Gasteiger partial charge on any atom is 0.408 e. The molecule has 0 aromatic rings. The standard InChI is InChI=1S/C23H32N2O4/c1-23(2,3)29-22(27)24-20(21(26)28-6)14-16-7-10-18(11-8-16)19-12-9-17(13-19)15-25(4)5/h7-10,12-13,20H,11,14-15H2,1-6H3,(H,24,27)/b19-18-/t20-/m1/s1. The first kappa shape index (κ1) is 22.7. The summed E-state index contributed by atoms with van der Waals surface area (Å²) in [6.07, 6.45) is 13.1. The minimum atomic E-state index is -0.794. The van der Waals surface area contributed by atoms with Gasteiger partial charge in [0.25, 0.3) is 0 Å². The summed E-state index contributed by atoms with van der Waals surface area (Å²) in [7, 11) is 5.42. The van der Waals surface area contributed by atoms with Gasteiger partial charge in [0.15, 0.2) is 0 Å². The Bertz CT molecular complexity index is 792. The van der Waals surface area contributed by atoms with E-state index < -0.39 is 23.7 Å². The molecular formula is C23H32N2O4. The van der Waals surface area contributed by atoms with E-state index in [1.54, 1.807) is 20.8 Å². The molecule has 158 valence electrons. The van der Waals surface area contributed by atoms with Crippen LogP contribution in [0.25, 0.3) is 0 Å². The monoisotopic (exact) mass is 400 g/mol. The molecule has 1 atom stereocenters. The van der Waals surface area contributed by atoms with Crippen LogP contribution in [0.5, 0.6) is 0 Å². The van der Waals surface area contributed by atoms with Crippen LogP contribution in [-0.2, 0) is 14.3 Å². The lowest BCUT2D eigenvalue weighted by Gasteiger charge is -2.23. The van der Waals surface area contributed by atoms with Crippen molar-refractivity contribution in [2.45, 2.75) is 45.3 Å². The molecule has 0 bridgehead atoms. The number of allylic oxidation sites excluding steroid dienone is 7. The van der Waals surface area contributed by atoms with Crippen molar-refractivity contribution in [1.82, 2.24) is 10.2 Å². The molecule has 0 aromatic carbocycles. The molecule has 0 fully saturated rings. The number of hydrogen-bond donors (Lipinski definition) is 1. The lowest BCUT2D eigenvalue weighted by atomic mass is 9.94. The highest BCUT2D eigenvalue weighted by atomic mass is 16.6. The molecule has 0 saturated heterocycles. The van der Waals surface area contributed by atoms with Gasteiger partial charge in [0.05, 0.1) is 7.11 Å². The molecule has 0 saturated carbocycles. The lowest BCUT2D eigenvalue weighted by molar-refractivity contribution is -0.143. The smallest absolute Gasteiger partial charge is 0.408 e. The molecule has 6 nitrogen and oxygen atoms in total. The average Bonchev–Trinajstić information content (AvgIpc) is 3.07. The van der Waals surface area contributed by atoms with Crippen LogP contribution in [0, 0.1) is 0 Å². The number of nitrogens with zero attached hydrogens (tertiary/aromatic N) is 1. The van der Waals surface area contributed by atoms with E-state index in [-0.39, 0.29) is 0 Å². The van der Waals surface area contributed by atoms with Gasteiger partial charge in [-0.15, -0.1) is 0 Å². The molecular weight excluding hydrogens is 368 g/mol. The first-order valence-corrected chi connectivity index (χ1v) is 9.78. The Morgan fingerprint density at radius 3 is 2.38 bits per heavy atom. The molecule has 6 heteroatoms. The molecule has 29 heavy (non-hydrogen) atoms. The van der Waals surface area contributed by atoms with Gasteiger partial charge in [-0.05, 0) is 63.6 Å². The summed E-state index contributed by atoms with van der Waals surface area (Å²) in [6, 6.07) is -0.794. The highest BCUT2D eigenvalue weighted by Crippen LogP contribution is 2.27. The molecule has 2 rings (SSSR count). The largest absolute Gasteiger partial charge is 0.467 e. The number of alkyl carbamates (subject to hydrolysis) is 1. The second-order valence-corrected chi connectivity index (χ2v) is 8.51. The predicted octanol–water partition coefficient (Wildman–Crippen LogP) is 3.68. The Kier molecular flexibility index (Phi) is 7.62. The average molecular weight is 401 g/mol. The molecule has 0 aliphatic heterocycles. The fraction of sp³-hybridized carbons (Fsp3) is 0.478. The van der Waals surface area contributed by atoms with Crippen molar-refractivity contribution in [2.24, 2.45) is 0 Å². The Hall–Kier alpha value is -2.60. The fourth-order valence-electron chi connectivity index (χ4n) is 3.13. The number of nitrogens with one attached hydrogen (secondary N) is 1. The van der Waals surface area contributed by atoms with E-state index in [0.717, 1.165) is 18.5 Å². The van der Waals surface area contributed by atoms with Crippen LogP contribution >= 0.6 is 0 Å². The van der Waals surface area contributed by atoms with E-state index in [2.05, 4.69) is 54.7 Å². The van der Waals surface area contributed by atoms with Gasteiger partial charge in [-0.25, -0.2) is 9.59 Å². The second-order valence-electron chi connectivity index (χ2n) is 8.51. The number of likely N-dealkylation sites (N-methyl/N-ethyl adjacent to an activating group) is 1. The van der Waals surface area contributed by atoms with Crippen molar-refractivity contribution in [3.63, 3.8) is 0 Å².